The van der Waals surface area contributed by atoms with Crippen LogP contribution in [0.2, 0.25) is 0 Å². The second-order valence-corrected chi connectivity index (χ2v) is 5.42. The van der Waals surface area contributed by atoms with Gasteiger partial charge in [-0.2, -0.15) is 0 Å². The zero-order valence-corrected chi connectivity index (χ0v) is 9.12. The van der Waals surface area contributed by atoms with Crippen LogP contribution in [0.1, 0.15) is 33.1 Å². The maximum atomic E-state index is 9.13. The molecule has 2 saturated heterocycles. The molecule has 0 aliphatic carbocycles. The van der Waals surface area contributed by atoms with Crippen LogP contribution in [-0.4, -0.2) is 36.5 Å². The summed E-state index contributed by atoms with van der Waals surface area (Å²) in [6.07, 6.45) is 4.56. The molecule has 3 nitrogen and oxygen atoms in total. The van der Waals surface area contributed by atoms with Crippen molar-refractivity contribution in [1.29, 1.82) is 0 Å². The highest BCUT2D eigenvalue weighted by atomic mass is 16.5. The fourth-order valence-electron chi connectivity index (χ4n) is 2.32. The molecule has 0 aromatic rings. The van der Waals surface area contributed by atoms with E-state index in [0.717, 1.165) is 13.0 Å². The van der Waals surface area contributed by atoms with Gasteiger partial charge in [-0.1, -0.05) is 13.8 Å². The van der Waals surface area contributed by atoms with Crippen molar-refractivity contribution in [1.82, 2.24) is 5.32 Å². The Morgan fingerprint density at radius 3 is 2.71 bits per heavy atom. The molecular weight excluding hydrogens is 178 g/mol. The first-order chi connectivity index (χ1) is 6.61. The zero-order valence-electron chi connectivity index (χ0n) is 9.12. The van der Waals surface area contributed by atoms with Crippen molar-refractivity contribution in [2.24, 2.45) is 5.41 Å². The summed E-state index contributed by atoms with van der Waals surface area (Å²) in [7, 11) is 0. The molecule has 2 aliphatic rings. The maximum Gasteiger partial charge on any atom is 0.0733 e. The van der Waals surface area contributed by atoms with E-state index in [4.69, 9.17) is 9.84 Å². The number of fused-ring (bicyclic) bond motifs is 2. The minimum Gasteiger partial charge on any atom is -0.396 e. The molecule has 0 spiro atoms. The van der Waals surface area contributed by atoms with Crippen LogP contribution in [0.4, 0.5) is 0 Å². The van der Waals surface area contributed by atoms with E-state index in [9.17, 15) is 0 Å². The van der Waals surface area contributed by atoms with Crippen molar-refractivity contribution in [2.75, 3.05) is 13.2 Å². The lowest BCUT2D eigenvalue weighted by atomic mass is 9.91. The van der Waals surface area contributed by atoms with E-state index < -0.39 is 0 Å². The van der Waals surface area contributed by atoms with Crippen molar-refractivity contribution in [3.05, 3.63) is 0 Å². The number of hydrogen-bond donors (Lipinski definition) is 2. The van der Waals surface area contributed by atoms with Crippen LogP contribution >= 0.6 is 0 Å². The number of aliphatic hydroxyl groups is 1. The van der Waals surface area contributed by atoms with Gasteiger partial charge in [0.1, 0.15) is 0 Å². The zero-order chi connectivity index (χ0) is 10.2. The summed E-state index contributed by atoms with van der Waals surface area (Å²) >= 11 is 0. The Bertz CT molecular complexity index is 205. The summed E-state index contributed by atoms with van der Waals surface area (Å²) < 4.78 is 5.76. The van der Waals surface area contributed by atoms with E-state index >= 15 is 0 Å². The molecule has 3 heteroatoms. The number of aliphatic hydroxyl groups excluding tert-OH is 1. The highest BCUT2D eigenvalue weighted by Gasteiger charge is 2.40. The van der Waals surface area contributed by atoms with Gasteiger partial charge in [0.25, 0.3) is 0 Å². The third kappa shape index (κ3) is 2.10. The smallest absolute Gasteiger partial charge is 0.0733 e. The van der Waals surface area contributed by atoms with Crippen LogP contribution in [0.25, 0.3) is 0 Å². The van der Waals surface area contributed by atoms with Gasteiger partial charge in [0, 0.05) is 24.6 Å². The Morgan fingerprint density at radius 2 is 2.21 bits per heavy atom. The first-order valence-corrected chi connectivity index (χ1v) is 5.60. The molecule has 2 bridgehead atoms. The standard InChI is InChI=1S/C11H21NO2/c1-11(2,7-13)6-12-9-5-8-3-4-10(9)14-8/h8-10,12-13H,3-7H2,1-2H3. The minimum absolute atomic E-state index is 0.0121. The van der Waals surface area contributed by atoms with Crippen LogP contribution in [0.15, 0.2) is 0 Å². The highest BCUT2D eigenvalue weighted by Crippen LogP contribution is 2.34. The molecule has 0 saturated carbocycles. The van der Waals surface area contributed by atoms with Gasteiger partial charge in [-0.3, -0.25) is 0 Å². The Kier molecular flexibility index (Phi) is 2.82. The van der Waals surface area contributed by atoms with Crippen LogP contribution in [0.3, 0.4) is 0 Å². The van der Waals surface area contributed by atoms with Crippen molar-refractivity contribution in [3.8, 4) is 0 Å². The Hall–Kier alpha value is -0.120. The molecule has 2 N–H and O–H groups in total. The van der Waals surface area contributed by atoms with Gasteiger partial charge in [-0.25, -0.2) is 0 Å². The number of nitrogens with one attached hydrogen (secondary N) is 1. The summed E-state index contributed by atoms with van der Waals surface area (Å²) in [5.74, 6) is 0. The van der Waals surface area contributed by atoms with Gasteiger partial charge in [0.2, 0.25) is 0 Å². The van der Waals surface area contributed by atoms with E-state index in [-0.39, 0.29) is 12.0 Å². The average molecular weight is 199 g/mol. The van der Waals surface area contributed by atoms with Crippen LogP contribution < -0.4 is 5.32 Å². The van der Waals surface area contributed by atoms with Crippen molar-refractivity contribution in [3.63, 3.8) is 0 Å². The lowest BCUT2D eigenvalue weighted by molar-refractivity contribution is 0.0933. The summed E-state index contributed by atoms with van der Waals surface area (Å²) in [6.45, 7) is 5.27. The molecule has 0 radical (unpaired) electrons. The first kappa shape index (κ1) is 10.4. The summed E-state index contributed by atoms with van der Waals surface area (Å²) in [6, 6.07) is 0.527. The Labute approximate surface area is 85.8 Å². The number of ether oxygens (including phenoxy) is 1. The lowest BCUT2D eigenvalue weighted by Gasteiger charge is -2.27. The fourth-order valence-corrected chi connectivity index (χ4v) is 2.32. The first-order valence-electron chi connectivity index (χ1n) is 5.60. The molecule has 2 aliphatic heterocycles. The molecule has 2 heterocycles. The summed E-state index contributed by atoms with van der Waals surface area (Å²) in [5.41, 5.74) is -0.0121. The van der Waals surface area contributed by atoms with Crippen molar-refractivity contribution in [2.45, 2.75) is 51.4 Å². The predicted molar refractivity (Wildman–Crippen MR) is 55.2 cm³/mol. The van der Waals surface area contributed by atoms with Gasteiger partial charge in [0.05, 0.1) is 12.2 Å². The molecule has 3 atom stereocenters. The maximum absolute atomic E-state index is 9.13. The quantitative estimate of drug-likeness (QED) is 0.707. The molecule has 0 aromatic heterocycles. The lowest BCUT2D eigenvalue weighted by Crippen LogP contribution is -2.43. The largest absolute Gasteiger partial charge is 0.396 e. The molecule has 3 unspecified atom stereocenters. The average Bonchev–Trinajstić information content (AvgIpc) is 2.76. The molecule has 2 rings (SSSR count). The second kappa shape index (κ2) is 3.80. The Balaban J connectivity index is 1.77. The third-order valence-electron chi connectivity index (χ3n) is 3.38. The van der Waals surface area contributed by atoms with Gasteiger partial charge < -0.3 is 15.2 Å². The fraction of sp³-hybridized carbons (Fsp3) is 1.00. The van der Waals surface area contributed by atoms with E-state index in [1.807, 2.05) is 0 Å². The van der Waals surface area contributed by atoms with Gasteiger partial charge >= 0.3 is 0 Å². The topological polar surface area (TPSA) is 41.5 Å². The van der Waals surface area contributed by atoms with Crippen LogP contribution in [0.5, 0.6) is 0 Å². The molecule has 82 valence electrons. The van der Waals surface area contributed by atoms with Gasteiger partial charge in [0.15, 0.2) is 0 Å². The van der Waals surface area contributed by atoms with Crippen LogP contribution in [-0.2, 0) is 4.74 Å². The van der Waals surface area contributed by atoms with E-state index in [1.54, 1.807) is 0 Å². The number of hydrogen-bond acceptors (Lipinski definition) is 3. The highest BCUT2D eigenvalue weighted by molar-refractivity contribution is 4.94. The van der Waals surface area contributed by atoms with E-state index in [0.29, 0.717) is 18.2 Å². The predicted octanol–water partition coefficient (Wildman–Crippen LogP) is 0.914. The third-order valence-corrected chi connectivity index (χ3v) is 3.38. The van der Waals surface area contributed by atoms with Gasteiger partial charge in [-0.05, 0) is 19.3 Å². The monoisotopic (exact) mass is 199 g/mol. The van der Waals surface area contributed by atoms with Crippen molar-refractivity contribution >= 4 is 0 Å². The molecule has 14 heavy (non-hydrogen) atoms. The van der Waals surface area contributed by atoms with E-state index in [1.165, 1.54) is 12.8 Å². The van der Waals surface area contributed by atoms with Crippen LogP contribution in [0, 0.1) is 5.41 Å². The van der Waals surface area contributed by atoms with Crippen molar-refractivity contribution < 1.29 is 9.84 Å². The number of rotatable bonds is 4. The van der Waals surface area contributed by atoms with Gasteiger partial charge in [-0.15, -0.1) is 0 Å². The normalized spacial score (nSPS) is 36.6. The molecular formula is C11H21NO2. The summed E-state index contributed by atoms with van der Waals surface area (Å²) in [4.78, 5) is 0. The molecule has 2 fully saturated rings. The second-order valence-electron chi connectivity index (χ2n) is 5.42. The summed E-state index contributed by atoms with van der Waals surface area (Å²) in [5, 5.41) is 12.6. The Morgan fingerprint density at radius 1 is 1.43 bits per heavy atom. The SMILES string of the molecule is CC(C)(CO)CNC1CC2CCC1O2. The minimum atomic E-state index is -0.0121. The molecule has 0 amide bonds. The molecule has 0 aromatic carbocycles. The van der Waals surface area contributed by atoms with E-state index in [2.05, 4.69) is 19.2 Å².